The van der Waals surface area contributed by atoms with Crippen LogP contribution >= 0.6 is 22.0 Å². The molecule has 2 aliphatic rings. The molecular weight excluding hydrogens is 376 g/mol. The van der Waals surface area contributed by atoms with Crippen LogP contribution in [0.3, 0.4) is 0 Å². The third kappa shape index (κ3) is 3.74. The van der Waals surface area contributed by atoms with E-state index in [1.54, 1.807) is 0 Å². The van der Waals surface area contributed by atoms with Gasteiger partial charge in [-0.05, 0) is 52.8 Å². The molecule has 2 rings (SSSR count). The number of fused-ring (bicyclic) bond motifs is 1. The van der Waals surface area contributed by atoms with E-state index in [1.807, 2.05) is 6.92 Å². The van der Waals surface area contributed by atoms with Crippen LogP contribution in [0, 0.1) is 11.8 Å². The van der Waals surface area contributed by atoms with Gasteiger partial charge in [-0.15, -0.1) is 0 Å². The van der Waals surface area contributed by atoms with Gasteiger partial charge in [0.15, 0.2) is 0 Å². The van der Waals surface area contributed by atoms with Crippen LogP contribution in [-0.4, -0.2) is 72.5 Å². The molecule has 2 nitrogen and oxygen atoms in total. The van der Waals surface area contributed by atoms with E-state index in [0.717, 1.165) is 30.6 Å². The van der Waals surface area contributed by atoms with Crippen LogP contribution in [-0.2, 0) is 4.74 Å². The molecule has 0 spiro atoms. The fourth-order valence-corrected chi connectivity index (χ4v) is 16.5. The summed E-state index contributed by atoms with van der Waals surface area (Å²) in [7, 11) is 5.83. The largest absolute Gasteiger partial charge is 0.390 e. The zero-order valence-electron chi connectivity index (χ0n) is 17.7. The molecule has 0 amide bonds. The highest BCUT2D eigenvalue weighted by Crippen LogP contribution is 2.74. The lowest BCUT2D eigenvalue weighted by molar-refractivity contribution is -0.0992. The molecule has 7 atom stereocenters. The van der Waals surface area contributed by atoms with Crippen LogP contribution in [0.5, 0.6) is 0 Å². The molecule has 2 fully saturated rings. The molecule has 0 aromatic heterocycles. The average molecular weight is 414 g/mol. The summed E-state index contributed by atoms with van der Waals surface area (Å²) in [4.78, 5) is 0. The highest BCUT2D eigenvalue weighted by Gasteiger charge is 2.74. The van der Waals surface area contributed by atoms with E-state index in [1.165, 1.54) is 0 Å². The Labute approximate surface area is 165 Å². The average Bonchev–Trinajstić information content (AvgIpc) is 3.23. The predicted molar refractivity (Wildman–Crippen MR) is 128 cm³/mol. The first kappa shape index (κ1) is 22.9. The molecule has 26 heavy (non-hydrogen) atoms. The Bertz CT molecular complexity index is 621. The Morgan fingerprint density at radius 2 is 1.69 bits per heavy atom. The predicted octanol–water partition coefficient (Wildman–Crippen LogP) is 5.09. The van der Waals surface area contributed by atoms with Crippen molar-refractivity contribution in [1.29, 1.82) is 0 Å². The van der Waals surface area contributed by atoms with Crippen LogP contribution in [0.4, 0.5) is 0 Å². The maximum Gasteiger partial charge on any atom is 0.129 e. The molecule has 0 bridgehead atoms. The lowest BCUT2D eigenvalue weighted by Crippen LogP contribution is -2.43. The van der Waals surface area contributed by atoms with Crippen molar-refractivity contribution in [3.05, 3.63) is 0 Å². The van der Waals surface area contributed by atoms with Crippen molar-refractivity contribution in [3.8, 4) is 0 Å². The number of aliphatic hydroxyl groups is 1. The molecule has 6 heteroatoms. The fourth-order valence-electron chi connectivity index (χ4n) is 4.52. The first-order valence-electron chi connectivity index (χ1n) is 9.78. The molecule has 0 saturated heterocycles. The molecule has 2 aliphatic carbocycles. The standard InChI is InChI=1S/C20H38BO2P3/c1-10-24(7)13-26(9,14-25(8)11-2)18(4,5)23-20-12-16(20)17(21)19(6,22)15(20)3/h15-17,22H,7-14H2,1-6H3/q+2/t15-,16?,17+,19+,20+/m0/s1. The van der Waals surface area contributed by atoms with Crippen molar-refractivity contribution in [2.24, 2.45) is 11.8 Å². The van der Waals surface area contributed by atoms with Gasteiger partial charge in [0.25, 0.3) is 0 Å². The third-order valence-corrected chi connectivity index (χ3v) is 18.8. The van der Waals surface area contributed by atoms with Gasteiger partial charge in [-0.1, -0.05) is 13.2 Å². The number of ether oxygens (including phenoxy) is 1. The number of hydrogen-bond acceptors (Lipinski definition) is 2. The van der Waals surface area contributed by atoms with Gasteiger partial charge in [0.2, 0.25) is 0 Å². The lowest BCUT2D eigenvalue weighted by Gasteiger charge is -2.42. The zero-order valence-corrected chi connectivity index (χ0v) is 20.3. The summed E-state index contributed by atoms with van der Waals surface area (Å²) in [6.07, 6.45) is 16.9. The first-order chi connectivity index (χ1) is 11.8. The fraction of sp³-hybridized carbons (Fsp3) is 0.850. The highest BCUT2D eigenvalue weighted by atomic mass is 31.2. The third-order valence-electron chi connectivity index (χ3n) is 7.14. The van der Waals surface area contributed by atoms with Crippen LogP contribution in [0.25, 0.3) is 0 Å². The summed E-state index contributed by atoms with van der Waals surface area (Å²) in [5, 5.41) is 10.5. The number of hydrogen-bond donors (Lipinski definition) is 1. The first-order valence-corrected chi connectivity index (χ1v) is 15.9. The second-order valence-corrected chi connectivity index (χ2v) is 18.8. The Morgan fingerprint density at radius 1 is 1.23 bits per heavy atom. The normalized spacial score (nSPS) is 39.9. The quantitative estimate of drug-likeness (QED) is 0.421. The van der Waals surface area contributed by atoms with Crippen molar-refractivity contribution in [1.82, 2.24) is 0 Å². The number of rotatable bonds is 9. The maximum absolute atomic E-state index is 10.8. The van der Waals surface area contributed by atoms with E-state index < -0.39 is 12.5 Å². The second kappa shape index (κ2) is 7.46. The van der Waals surface area contributed by atoms with Crippen molar-refractivity contribution in [2.75, 3.05) is 24.1 Å². The second-order valence-electron chi connectivity index (χ2n) is 9.19. The van der Waals surface area contributed by atoms with Gasteiger partial charge in [-0.2, -0.15) is 0 Å². The monoisotopic (exact) mass is 414 g/mol. The zero-order chi connectivity index (χ0) is 20.1. The van der Waals surface area contributed by atoms with Crippen LogP contribution < -0.4 is 0 Å². The van der Waals surface area contributed by atoms with E-state index in [-0.39, 0.29) is 43.7 Å². The van der Waals surface area contributed by atoms with Gasteiger partial charge in [-0.25, -0.2) is 0 Å². The summed E-state index contributed by atoms with van der Waals surface area (Å²) in [6, 6.07) is 0. The molecule has 146 valence electrons. The Balaban J connectivity index is 2.32. The summed E-state index contributed by atoms with van der Waals surface area (Å²) in [6.45, 7) is 11.3. The van der Waals surface area contributed by atoms with E-state index in [0.29, 0.717) is 0 Å². The molecule has 0 aromatic rings. The minimum Gasteiger partial charge on any atom is -0.390 e. The molecule has 0 aliphatic heterocycles. The van der Waals surface area contributed by atoms with Crippen molar-refractivity contribution >= 4 is 48.7 Å². The molecule has 0 aromatic carbocycles. The van der Waals surface area contributed by atoms with Gasteiger partial charge >= 0.3 is 0 Å². The minimum atomic E-state index is -1.64. The summed E-state index contributed by atoms with van der Waals surface area (Å²) < 4.78 is 6.95. The summed E-state index contributed by atoms with van der Waals surface area (Å²) in [5.74, 6) is 2.32. The molecule has 3 unspecified atom stereocenters. The Kier molecular flexibility index (Phi) is 6.58. The van der Waals surface area contributed by atoms with Gasteiger partial charge in [0.05, 0.1) is 52.1 Å². The van der Waals surface area contributed by atoms with E-state index in [2.05, 4.69) is 47.2 Å². The molecule has 2 radical (unpaired) electrons. The van der Waals surface area contributed by atoms with E-state index in [9.17, 15) is 5.11 Å². The summed E-state index contributed by atoms with van der Waals surface area (Å²) in [5.41, 5.74) is -1.13. The van der Waals surface area contributed by atoms with Gasteiger partial charge in [0, 0.05) is 12.8 Å². The van der Waals surface area contributed by atoms with E-state index >= 15 is 0 Å². The van der Waals surface area contributed by atoms with E-state index in [4.69, 9.17) is 18.9 Å². The van der Waals surface area contributed by atoms with Crippen LogP contribution in [0.2, 0.25) is 5.82 Å². The summed E-state index contributed by atoms with van der Waals surface area (Å²) >= 11 is 0. The topological polar surface area (TPSA) is 29.5 Å². The lowest BCUT2D eigenvalue weighted by atomic mass is 9.70. The Hall–Kier alpha value is 0.625. The van der Waals surface area contributed by atoms with Crippen molar-refractivity contribution in [3.63, 3.8) is 0 Å². The molecule has 1 N–H and O–H groups in total. The smallest absolute Gasteiger partial charge is 0.129 e. The van der Waals surface area contributed by atoms with Gasteiger partial charge in [0.1, 0.15) is 24.1 Å². The molecular formula is C20H38BO2P3+2. The molecule has 2 saturated carbocycles. The minimum absolute atomic E-state index is 0.0441. The van der Waals surface area contributed by atoms with Crippen molar-refractivity contribution in [2.45, 2.75) is 70.3 Å². The molecule has 0 heterocycles. The van der Waals surface area contributed by atoms with Crippen LogP contribution in [0.1, 0.15) is 48.0 Å². The van der Waals surface area contributed by atoms with Crippen LogP contribution in [0.15, 0.2) is 0 Å². The Morgan fingerprint density at radius 3 is 2.04 bits per heavy atom. The SMILES string of the molecule is [B][C@@H]1C2C[C@@]2(OC(C)(C)P(=C)(C[P+](=C)CC)C[P+](=C)CC)[C@@H](C)[C@@]1(C)O. The van der Waals surface area contributed by atoms with Crippen molar-refractivity contribution < 1.29 is 9.84 Å². The maximum atomic E-state index is 10.8. The highest BCUT2D eigenvalue weighted by molar-refractivity contribution is 7.89. The van der Waals surface area contributed by atoms with Gasteiger partial charge < -0.3 is 9.84 Å². The van der Waals surface area contributed by atoms with Gasteiger partial charge in [-0.3, -0.25) is 0 Å².